The molecule has 5 N–H and O–H groups in total. The molecule has 3 aliphatic rings. The van der Waals surface area contributed by atoms with Gasteiger partial charge in [0.05, 0.1) is 23.6 Å². The van der Waals surface area contributed by atoms with Gasteiger partial charge in [0.15, 0.2) is 5.82 Å². The van der Waals surface area contributed by atoms with Crippen molar-refractivity contribution in [3.63, 3.8) is 0 Å². The number of hydrogen-bond donors (Lipinski definition) is 4. The fourth-order valence-electron chi connectivity index (χ4n) is 7.58. The molecule has 12 heteroatoms. The van der Waals surface area contributed by atoms with Crippen LogP contribution in [0.15, 0.2) is 60.9 Å². The predicted molar refractivity (Wildman–Crippen MR) is 180 cm³/mol. The zero-order valence-electron chi connectivity index (χ0n) is 27.0. The van der Waals surface area contributed by atoms with Crippen LogP contribution in [-0.2, 0) is 9.59 Å². The summed E-state index contributed by atoms with van der Waals surface area (Å²) in [5, 5.41) is 28.8. The number of nitrogens with two attached hydrogens (primary N) is 1. The molecule has 1 atom stereocenters. The van der Waals surface area contributed by atoms with Crippen LogP contribution in [0, 0.1) is 5.82 Å². The van der Waals surface area contributed by atoms with Crippen LogP contribution in [0.25, 0.3) is 22.4 Å². The second kappa shape index (κ2) is 13.0. The fraction of sp³-hybridized carbons (Fsp3) is 0.417. The van der Waals surface area contributed by atoms with Gasteiger partial charge < -0.3 is 21.1 Å². The quantitative estimate of drug-likeness (QED) is 0.192. The summed E-state index contributed by atoms with van der Waals surface area (Å²) in [6, 6.07) is 15.0. The number of carbonyl (C=O) groups excluding carboxylic acids is 2. The Labute approximate surface area is 278 Å². The van der Waals surface area contributed by atoms with E-state index in [1.807, 2.05) is 41.3 Å². The highest BCUT2D eigenvalue weighted by molar-refractivity contribution is 6.03. The van der Waals surface area contributed by atoms with Crippen LogP contribution in [0.4, 0.5) is 15.9 Å². The normalized spacial score (nSPS) is 24.0. The van der Waals surface area contributed by atoms with Crippen LogP contribution < -0.4 is 16.4 Å². The van der Waals surface area contributed by atoms with Gasteiger partial charge in [0, 0.05) is 48.4 Å². The van der Waals surface area contributed by atoms with Crippen LogP contribution in [0.2, 0.25) is 0 Å². The van der Waals surface area contributed by atoms with Gasteiger partial charge in [0.1, 0.15) is 17.1 Å². The van der Waals surface area contributed by atoms with Gasteiger partial charge in [-0.1, -0.05) is 24.3 Å². The monoisotopic (exact) mass is 652 g/mol. The molecular formula is C36H41FN8O3. The molecule has 4 heterocycles. The Balaban J connectivity index is 0.946. The molecule has 0 radical (unpaired) electrons. The number of likely N-dealkylation sites (tertiary alicyclic amines) is 1. The minimum Gasteiger partial charge on any atom is -0.507 e. The molecule has 48 heavy (non-hydrogen) atoms. The molecule has 11 nitrogen and oxygen atoms in total. The van der Waals surface area contributed by atoms with Crippen molar-refractivity contribution < 1.29 is 19.1 Å². The molecule has 7 rings (SSSR count). The number of nitrogens with zero attached hydrogens (tertiary/aromatic N) is 5. The number of carbonyl (C=O) groups is 2. The fourth-order valence-corrected chi connectivity index (χ4v) is 7.58. The third-order valence-corrected chi connectivity index (χ3v) is 10.5. The number of nitrogens with one attached hydrogen (secondary N) is 2. The average Bonchev–Trinajstić information content (AvgIpc) is 3.59. The molecule has 3 fully saturated rings. The minimum absolute atomic E-state index is 0.124. The van der Waals surface area contributed by atoms with Crippen molar-refractivity contribution in [2.75, 3.05) is 24.1 Å². The molecule has 2 amide bonds. The molecule has 250 valence electrons. The third-order valence-electron chi connectivity index (χ3n) is 10.5. The van der Waals surface area contributed by atoms with E-state index in [1.165, 1.54) is 0 Å². The first-order valence-electron chi connectivity index (χ1n) is 16.8. The van der Waals surface area contributed by atoms with Gasteiger partial charge in [-0.3, -0.25) is 19.6 Å². The Morgan fingerprint density at radius 3 is 2.50 bits per heavy atom. The highest BCUT2D eigenvalue weighted by Gasteiger charge is 2.39. The Kier molecular flexibility index (Phi) is 8.59. The van der Waals surface area contributed by atoms with Gasteiger partial charge >= 0.3 is 0 Å². The van der Waals surface area contributed by atoms with E-state index in [0.29, 0.717) is 40.8 Å². The number of nitrogen functional groups attached to an aromatic ring is 1. The van der Waals surface area contributed by atoms with Crippen molar-refractivity contribution in [1.82, 2.24) is 30.2 Å². The number of hydrogen-bond acceptors (Lipinski definition) is 9. The van der Waals surface area contributed by atoms with Gasteiger partial charge in [-0.05, 0) is 87.6 Å². The van der Waals surface area contributed by atoms with E-state index in [0.717, 1.165) is 62.7 Å². The first kappa shape index (κ1) is 31.7. The Morgan fingerprint density at radius 2 is 1.75 bits per heavy atom. The van der Waals surface area contributed by atoms with Crippen molar-refractivity contribution >= 4 is 23.3 Å². The summed E-state index contributed by atoms with van der Waals surface area (Å²) >= 11 is 0. The molecule has 0 unspecified atom stereocenters. The zero-order valence-corrected chi connectivity index (χ0v) is 27.0. The van der Waals surface area contributed by atoms with Gasteiger partial charge in [-0.2, -0.15) is 5.10 Å². The topological polar surface area (TPSA) is 151 Å². The van der Waals surface area contributed by atoms with Crippen LogP contribution in [0.5, 0.6) is 5.75 Å². The molecule has 0 spiro atoms. The molecule has 0 bridgehead atoms. The average molecular weight is 653 g/mol. The Hall–Kier alpha value is -4.84. The van der Waals surface area contributed by atoms with E-state index >= 15 is 4.39 Å². The lowest BCUT2D eigenvalue weighted by molar-refractivity contribution is -0.136. The first-order chi connectivity index (χ1) is 23.2. The van der Waals surface area contributed by atoms with Crippen LogP contribution >= 0.6 is 0 Å². The third kappa shape index (κ3) is 6.24. The summed E-state index contributed by atoms with van der Waals surface area (Å²) in [5.41, 5.74) is 8.91. The largest absolute Gasteiger partial charge is 0.507 e. The van der Waals surface area contributed by atoms with Crippen molar-refractivity contribution in [2.24, 2.45) is 0 Å². The molecule has 2 aromatic carbocycles. The number of aromatic hydroxyl groups is 1. The molecule has 1 aliphatic carbocycles. The van der Waals surface area contributed by atoms with E-state index in [2.05, 4.69) is 30.8 Å². The number of aromatic nitrogens is 4. The SMILES string of the molecule is C[C@@]1(Nc2cccc([C@H]3CC[C@H](N4CCC(n5cc(-c6cc(-c7ccccc7O)nnc6N)cn5)CC4)CC3)c2F)CCC(=O)NC1=O. The summed E-state index contributed by atoms with van der Waals surface area (Å²) < 4.78 is 17.8. The lowest BCUT2D eigenvalue weighted by Gasteiger charge is -2.41. The van der Waals surface area contributed by atoms with E-state index in [4.69, 9.17) is 5.73 Å². The number of anilines is 2. The van der Waals surface area contributed by atoms with Crippen LogP contribution in [0.3, 0.4) is 0 Å². The summed E-state index contributed by atoms with van der Waals surface area (Å²) in [4.78, 5) is 26.7. The number of phenolic OH excluding ortho intramolecular Hbond substituents is 1. The van der Waals surface area contributed by atoms with E-state index in [1.54, 1.807) is 31.2 Å². The highest BCUT2D eigenvalue weighted by atomic mass is 19.1. The van der Waals surface area contributed by atoms with Gasteiger partial charge in [0.25, 0.3) is 5.91 Å². The first-order valence-corrected chi connectivity index (χ1v) is 16.8. The van der Waals surface area contributed by atoms with Gasteiger partial charge in [0.2, 0.25) is 5.91 Å². The number of halogens is 1. The van der Waals surface area contributed by atoms with E-state index in [-0.39, 0.29) is 35.9 Å². The standard InChI is InChI=1S/C36H41FN8O3/c1-36(16-13-32(47)40-35(36)48)41-29-7-4-6-26(33(29)37)22-9-11-24(12-10-22)44-17-14-25(15-18-44)45-21-23(20-39-45)28-19-30(42-43-34(28)38)27-5-2-3-8-31(27)46/h2-8,19-22,24-25,41,46H,9-18H2,1H3,(H2,38,43)(H,40,47,48)/t22-,24-,36-/m1/s1. The number of imide groups is 1. The molecule has 1 saturated carbocycles. The van der Waals surface area contributed by atoms with Crippen molar-refractivity contribution in [1.29, 1.82) is 0 Å². The van der Waals surface area contributed by atoms with Gasteiger partial charge in [-0.25, -0.2) is 4.39 Å². The summed E-state index contributed by atoms with van der Waals surface area (Å²) in [7, 11) is 0. The predicted octanol–water partition coefficient (Wildman–Crippen LogP) is 5.40. The number of para-hydroxylation sites is 1. The molecule has 4 aromatic rings. The van der Waals surface area contributed by atoms with Crippen molar-refractivity contribution in [3.05, 3.63) is 72.3 Å². The number of phenols is 1. The van der Waals surface area contributed by atoms with Crippen molar-refractivity contribution in [3.8, 4) is 28.1 Å². The molecular weight excluding hydrogens is 611 g/mol. The number of piperidine rings is 2. The highest BCUT2D eigenvalue weighted by Crippen LogP contribution is 2.40. The number of benzene rings is 2. The van der Waals surface area contributed by atoms with Crippen LogP contribution in [0.1, 0.15) is 75.8 Å². The molecule has 2 aromatic heterocycles. The maximum atomic E-state index is 15.8. The van der Waals surface area contributed by atoms with Crippen molar-refractivity contribution in [2.45, 2.75) is 81.8 Å². The summed E-state index contributed by atoms with van der Waals surface area (Å²) in [5.74, 6) is -0.449. The Morgan fingerprint density at radius 1 is 0.979 bits per heavy atom. The summed E-state index contributed by atoms with van der Waals surface area (Å²) in [6.07, 6.45) is 10.2. The number of rotatable bonds is 7. The van der Waals surface area contributed by atoms with E-state index < -0.39 is 11.4 Å². The molecule has 2 saturated heterocycles. The number of amides is 2. The maximum absolute atomic E-state index is 15.8. The smallest absolute Gasteiger partial charge is 0.251 e. The lowest BCUT2D eigenvalue weighted by Crippen LogP contribution is -2.56. The van der Waals surface area contributed by atoms with Crippen LogP contribution in [-0.4, -0.2) is 66.5 Å². The lowest BCUT2D eigenvalue weighted by atomic mass is 9.80. The summed E-state index contributed by atoms with van der Waals surface area (Å²) in [6.45, 7) is 3.66. The Bertz CT molecular complexity index is 1830. The maximum Gasteiger partial charge on any atom is 0.251 e. The second-order valence-electron chi connectivity index (χ2n) is 13.6. The second-order valence-corrected chi connectivity index (χ2v) is 13.6. The zero-order chi connectivity index (χ0) is 33.4. The molecule has 2 aliphatic heterocycles. The van der Waals surface area contributed by atoms with E-state index in [9.17, 15) is 14.7 Å². The minimum atomic E-state index is -1.03. The van der Waals surface area contributed by atoms with Gasteiger partial charge in [-0.15, -0.1) is 10.2 Å².